The van der Waals surface area contributed by atoms with Crippen molar-refractivity contribution in [2.45, 2.75) is 26.5 Å². The highest BCUT2D eigenvalue weighted by molar-refractivity contribution is 5.56. The van der Waals surface area contributed by atoms with Crippen molar-refractivity contribution in [1.82, 2.24) is 0 Å². The maximum Gasteiger partial charge on any atom is 0.126 e. The molecule has 1 N–H and O–H groups in total. The van der Waals surface area contributed by atoms with Gasteiger partial charge in [-0.25, -0.2) is 4.39 Å². The van der Waals surface area contributed by atoms with Crippen LogP contribution in [0.3, 0.4) is 0 Å². The fraction of sp³-hybridized carbons (Fsp3) is 0.333. The normalized spacial score (nSPS) is 12.5. The largest absolute Gasteiger partial charge is 0.472 e. The third-order valence-corrected chi connectivity index (χ3v) is 3.17. The number of hydrogen-bond donors (Lipinski definition) is 1. The first-order valence-electron chi connectivity index (χ1n) is 6.19. The number of benzene rings is 1. The maximum atomic E-state index is 13.6. The first-order chi connectivity index (χ1) is 8.99. The van der Waals surface area contributed by atoms with E-state index in [0.29, 0.717) is 17.7 Å². The summed E-state index contributed by atoms with van der Waals surface area (Å²) < 4.78 is 18.7. The molecule has 2 rings (SSSR count). The molecule has 0 amide bonds. The Morgan fingerprint density at radius 1 is 1.42 bits per heavy atom. The van der Waals surface area contributed by atoms with Gasteiger partial charge in [0.05, 0.1) is 18.6 Å². The molecule has 1 unspecified atom stereocenters. The minimum atomic E-state index is -0.711. The second-order valence-corrected chi connectivity index (χ2v) is 4.82. The molecule has 0 aliphatic carbocycles. The van der Waals surface area contributed by atoms with Gasteiger partial charge in [0.2, 0.25) is 0 Å². The average molecular weight is 263 g/mol. The summed E-state index contributed by atoms with van der Waals surface area (Å²) in [5, 5.41) is 9.78. The Morgan fingerprint density at radius 3 is 2.74 bits per heavy atom. The zero-order valence-corrected chi connectivity index (χ0v) is 11.4. The second-order valence-electron chi connectivity index (χ2n) is 4.82. The Labute approximate surface area is 112 Å². The predicted molar refractivity (Wildman–Crippen MR) is 72.6 cm³/mol. The lowest BCUT2D eigenvalue weighted by Crippen LogP contribution is -2.19. The van der Waals surface area contributed by atoms with E-state index >= 15 is 0 Å². The summed E-state index contributed by atoms with van der Waals surface area (Å²) in [5.41, 5.74) is 3.02. The number of aliphatic hydroxyl groups is 1. The van der Waals surface area contributed by atoms with Gasteiger partial charge in [-0.3, -0.25) is 0 Å². The van der Waals surface area contributed by atoms with Gasteiger partial charge >= 0.3 is 0 Å². The molecule has 0 spiro atoms. The van der Waals surface area contributed by atoms with E-state index in [9.17, 15) is 9.50 Å². The molecule has 0 fully saturated rings. The third kappa shape index (κ3) is 2.96. The lowest BCUT2D eigenvalue weighted by molar-refractivity contribution is 0.199. The van der Waals surface area contributed by atoms with Crippen LogP contribution < -0.4 is 4.90 Å². The van der Waals surface area contributed by atoms with Gasteiger partial charge in [-0.05, 0) is 37.6 Å². The quantitative estimate of drug-likeness (QED) is 0.918. The smallest absolute Gasteiger partial charge is 0.126 e. The van der Waals surface area contributed by atoms with Crippen LogP contribution in [-0.2, 0) is 6.54 Å². The number of hydrogen-bond acceptors (Lipinski definition) is 3. The standard InChI is InChI=1S/C15H18FNO2/c1-10-6-15(13(11(2)18)7-14(10)16)17(3)8-12-4-5-19-9-12/h4-7,9,11,18H,8H2,1-3H3. The summed E-state index contributed by atoms with van der Waals surface area (Å²) in [6.07, 6.45) is 2.58. The molecule has 1 aromatic carbocycles. The first kappa shape index (κ1) is 13.6. The van der Waals surface area contributed by atoms with Gasteiger partial charge in [0.25, 0.3) is 0 Å². The van der Waals surface area contributed by atoms with Gasteiger partial charge in [-0.1, -0.05) is 0 Å². The molecule has 0 aliphatic rings. The number of halogens is 1. The summed E-state index contributed by atoms with van der Waals surface area (Å²) >= 11 is 0. The van der Waals surface area contributed by atoms with Gasteiger partial charge in [0, 0.05) is 30.4 Å². The number of nitrogens with zero attached hydrogens (tertiary/aromatic N) is 1. The highest BCUT2D eigenvalue weighted by Gasteiger charge is 2.15. The summed E-state index contributed by atoms with van der Waals surface area (Å²) in [6.45, 7) is 4.00. The van der Waals surface area contributed by atoms with E-state index in [4.69, 9.17) is 4.42 Å². The average Bonchev–Trinajstić information content (AvgIpc) is 2.84. The molecular weight excluding hydrogens is 245 g/mol. The van der Waals surface area contributed by atoms with E-state index < -0.39 is 6.10 Å². The molecule has 3 nitrogen and oxygen atoms in total. The van der Waals surface area contributed by atoms with Crippen molar-refractivity contribution in [3.05, 3.63) is 53.2 Å². The molecule has 2 aromatic rings. The van der Waals surface area contributed by atoms with Crippen LogP contribution in [0.15, 0.2) is 35.1 Å². The fourth-order valence-corrected chi connectivity index (χ4v) is 2.09. The maximum absolute atomic E-state index is 13.6. The fourth-order valence-electron chi connectivity index (χ4n) is 2.09. The van der Waals surface area contributed by atoms with Crippen molar-refractivity contribution in [1.29, 1.82) is 0 Å². The van der Waals surface area contributed by atoms with E-state index in [1.54, 1.807) is 32.4 Å². The molecule has 1 aromatic heterocycles. The molecular formula is C15H18FNO2. The predicted octanol–water partition coefficient (Wildman–Crippen LogP) is 3.42. The van der Waals surface area contributed by atoms with E-state index in [1.807, 2.05) is 18.0 Å². The van der Waals surface area contributed by atoms with E-state index in [1.165, 1.54) is 6.07 Å². The van der Waals surface area contributed by atoms with Crippen molar-refractivity contribution >= 4 is 5.69 Å². The van der Waals surface area contributed by atoms with Crippen molar-refractivity contribution < 1.29 is 13.9 Å². The van der Waals surface area contributed by atoms with Crippen molar-refractivity contribution in [2.24, 2.45) is 0 Å². The Hall–Kier alpha value is -1.81. The van der Waals surface area contributed by atoms with Crippen LogP contribution in [0.2, 0.25) is 0 Å². The molecule has 19 heavy (non-hydrogen) atoms. The highest BCUT2D eigenvalue weighted by Crippen LogP contribution is 2.29. The number of anilines is 1. The van der Waals surface area contributed by atoms with Crippen LogP contribution in [-0.4, -0.2) is 12.2 Å². The van der Waals surface area contributed by atoms with Crippen LogP contribution in [0.25, 0.3) is 0 Å². The van der Waals surface area contributed by atoms with E-state index in [-0.39, 0.29) is 5.82 Å². The van der Waals surface area contributed by atoms with E-state index in [0.717, 1.165) is 11.3 Å². The molecule has 0 aliphatic heterocycles. The highest BCUT2D eigenvalue weighted by atomic mass is 19.1. The molecule has 102 valence electrons. The summed E-state index contributed by atoms with van der Waals surface area (Å²) in [4.78, 5) is 1.97. The van der Waals surface area contributed by atoms with Crippen LogP contribution in [0.5, 0.6) is 0 Å². The SMILES string of the molecule is Cc1cc(N(C)Cc2ccoc2)c(C(C)O)cc1F. The van der Waals surface area contributed by atoms with Crippen LogP contribution in [0.4, 0.5) is 10.1 Å². The van der Waals surface area contributed by atoms with Gasteiger partial charge in [0.15, 0.2) is 0 Å². The van der Waals surface area contributed by atoms with Crippen LogP contribution in [0, 0.1) is 12.7 Å². The van der Waals surface area contributed by atoms with Crippen LogP contribution in [0.1, 0.15) is 29.7 Å². The molecule has 0 saturated heterocycles. The summed E-state index contributed by atoms with van der Waals surface area (Å²) in [7, 11) is 1.91. The zero-order valence-electron chi connectivity index (χ0n) is 11.4. The Bertz CT molecular complexity index is 550. The zero-order chi connectivity index (χ0) is 14.0. The number of aliphatic hydroxyl groups excluding tert-OH is 1. The van der Waals surface area contributed by atoms with Gasteiger partial charge in [-0.15, -0.1) is 0 Å². The lowest BCUT2D eigenvalue weighted by Gasteiger charge is -2.24. The molecule has 4 heteroatoms. The minimum absolute atomic E-state index is 0.295. The second kappa shape index (κ2) is 5.45. The first-order valence-corrected chi connectivity index (χ1v) is 6.19. The monoisotopic (exact) mass is 263 g/mol. The third-order valence-electron chi connectivity index (χ3n) is 3.17. The topological polar surface area (TPSA) is 36.6 Å². The number of rotatable bonds is 4. The number of furan rings is 1. The van der Waals surface area contributed by atoms with Gasteiger partial charge in [-0.2, -0.15) is 0 Å². The van der Waals surface area contributed by atoms with E-state index in [2.05, 4.69) is 0 Å². The van der Waals surface area contributed by atoms with Crippen molar-refractivity contribution in [2.75, 3.05) is 11.9 Å². The Morgan fingerprint density at radius 2 is 2.16 bits per heavy atom. The number of aryl methyl sites for hydroxylation is 1. The molecule has 1 heterocycles. The lowest BCUT2D eigenvalue weighted by atomic mass is 10.0. The van der Waals surface area contributed by atoms with Gasteiger partial charge < -0.3 is 14.4 Å². The van der Waals surface area contributed by atoms with Crippen molar-refractivity contribution in [3.63, 3.8) is 0 Å². The Balaban J connectivity index is 2.34. The molecule has 0 saturated carbocycles. The van der Waals surface area contributed by atoms with Gasteiger partial charge in [0.1, 0.15) is 5.82 Å². The van der Waals surface area contributed by atoms with Crippen LogP contribution >= 0.6 is 0 Å². The summed E-state index contributed by atoms with van der Waals surface area (Å²) in [6, 6.07) is 5.05. The Kier molecular flexibility index (Phi) is 3.90. The molecule has 0 bridgehead atoms. The molecule has 1 atom stereocenters. The summed E-state index contributed by atoms with van der Waals surface area (Å²) in [5.74, 6) is -0.295. The minimum Gasteiger partial charge on any atom is -0.472 e. The molecule has 0 radical (unpaired) electrons. The van der Waals surface area contributed by atoms with Crippen molar-refractivity contribution in [3.8, 4) is 0 Å².